The lowest BCUT2D eigenvalue weighted by molar-refractivity contribution is -0.365. The molecule has 4 N–H and O–H groups in total. The molecule has 6 heteroatoms. The number of hydrogen-bond acceptors (Lipinski definition) is 5. The molecule has 0 saturated carbocycles. The topological polar surface area (TPSA) is 93.7 Å². The van der Waals surface area contributed by atoms with Crippen LogP contribution >= 0.6 is 0 Å². The Kier molecular flexibility index (Phi) is 13.3. The first-order chi connectivity index (χ1) is 5.85. The maximum Gasteiger partial charge on any atom is 0.0942 e. The lowest BCUT2D eigenvalue weighted by atomic mass is 10.6. The highest BCUT2D eigenvalue weighted by Crippen LogP contribution is 1.91. The molecule has 0 atom stereocenters. The monoisotopic (exact) mass is 195 g/mol. The highest BCUT2D eigenvalue weighted by Gasteiger charge is 2.01. The van der Waals surface area contributed by atoms with Gasteiger partial charge in [0.1, 0.15) is 0 Å². The van der Waals surface area contributed by atoms with Crippen LogP contribution in [0.5, 0.6) is 0 Å². The predicted molar refractivity (Wildman–Crippen MR) is 46.6 cm³/mol. The van der Waals surface area contributed by atoms with E-state index < -0.39 is 0 Å². The van der Waals surface area contributed by atoms with Gasteiger partial charge >= 0.3 is 0 Å². The van der Waals surface area contributed by atoms with Crippen molar-refractivity contribution in [3.8, 4) is 0 Å². The predicted octanol–water partition coefficient (Wildman–Crippen LogP) is -1.50. The van der Waals surface area contributed by atoms with Crippen molar-refractivity contribution in [2.45, 2.75) is 0 Å². The smallest absolute Gasteiger partial charge is 0.0942 e. The first kappa shape index (κ1) is 15.0. The fourth-order valence-corrected chi connectivity index (χ4v) is 0.533. The molecule has 0 aliphatic carbocycles. The van der Waals surface area contributed by atoms with Crippen LogP contribution in [-0.2, 0) is 9.68 Å². The van der Waals surface area contributed by atoms with Crippen molar-refractivity contribution in [3.05, 3.63) is 12.7 Å². The van der Waals surface area contributed by atoms with Gasteiger partial charge in [-0.25, -0.2) is 0 Å². The number of aliphatic hydroxyl groups is 2. The van der Waals surface area contributed by atoms with Crippen LogP contribution in [0.2, 0.25) is 0 Å². The largest absolute Gasteiger partial charge is 0.412 e. The number of hydrogen-bond donors (Lipinski definition) is 2. The highest BCUT2D eigenvalue weighted by atomic mass is 16.9. The van der Waals surface area contributed by atoms with Crippen molar-refractivity contribution in [1.82, 2.24) is 5.23 Å². The SMILES string of the molecule is C=CCN(OCCO)OCCO.O. The highest BCUT2D eigenvalue weighted by molar-refractivity contribution is 4.66. The van der Waals surface area contributed by atoms with E-state index in [4.69, 9.17) is 19.9 Å². The van der Waals surface area contributed by atoms with E-state index in [2.05, 4.69) is 6.58 Å². The summed E-state index contributed by atoms with van der Waals surface area (Å²) in [5, 5.41) is 18.0. The summed E-state index contributed by atoms with van der Waals surface area (Å²) in [5.74, 6) is 0. The van der Waals surface area contributed by atoms with E-state index in [1.165, 1.54) is 5.23 Å². The van der Waals surface area contributed by atoms with Crippen molar-refractivity contribution < 1.29 is 25.4 Å². The molecule has 0 aliphatic heterocycles. The fourth-order valence-electron chi connectivity index (χ4n) is 0.533. The van der Waals surface area contributed by atoms with Gasteiger partial charge in [0.05, 0.1) is 33.0 Å². The van der Waals surface area contributed by atoms with Crippen LogP contribution in [0.3, 0.4) is 0 Å². The Labute approximate surface area is 77.2 Å². The van der Waals surface area contributed by atoms with E-state index in [-0.39, 0.29) is 31.9 Å². The van der Waals surface area contributed by atoms with Crippen molar-refractivity contribution in [3.63, 3.8) is 0 Å². The first-order valence-electron chi connectivity index (χ1n) is 3.71. The first-order valence-corrected chi connectivity index (χ1v) is 3.71. The molecule has 0 unspecified atom stereocenters. The molecule has 0 saturated heterocycles. The van der Waals surface area contributed by atoms with E-state index in [1.54, 1.807) is 6.08 Å². The van der Waals surface area contributed by atoms with Gasteiger partial charge in [0.2, 0.25) is 0 Å². The second kappa shape index (κ2) is 11.5. The van der Waals surface area contributed by atoms with Gasteiger partial charge in [-0.2, -0.15) is 0 Å². The molecule has 0 spiro atoms. The van der Waals surface area contributed by atoms with E-state index in [1.807, 2.05) is 0 Å². The minimum Gasteiger partial charge on any atom is -0.412 e. The summed E-state index contributed by atoms with van der Waals surface area (Å²) in [6.45, 7) is 4.06. The second-order valence-electron chi connectivity index (χ2n) is 1.92. The van der Waals surface area contributed by atoms with Crippen molar-refractivity contribution >= 4 is 0 Å². The molecule has 0 bridgehead atoms. The molecular weight excluding hydrogens is 178 g/mol. The number of hydroxylamine groups is 2. The minimum atomic E-state index is -0.0733. The van der Waals surface area contributed by atoms with Crippen molar-refractivity contribution in [1.29, 1.82) is 0 Å². The van der Waals surface area contributed by atoms with E-state index in [0.29, 0.717) is 6.54 Å². The number of rotatable bonds is 8. The molecule has 0 aromatic rings. The summed E-state index contributed by atoms with van der Waals surface area (Å²) in [6, 6.07) is 0. The fraction of sp³-hybridized carbons (Fsp3) is 0.714. The maximum atomic E-state index is 8.43. The zero-order chi connectivity index (χ0) is 9.23. The summed E-state index contributed by atoms with van der Waals surface area (Å²) in [7, 11) is 0. The average Bonchev–Trinajstić information content (AvgIpc) is 2.10. The lowest BCUT2D eigenvalue weighted by Crippen LogP contribution is -2.27. The molecule has 0 radical (unpaired) electrons. The van der Waals surface area contributed by atoms with E-state index >= 15 is 0 Å². The van der Waals surface area contributed by atoms with Crippen LogP contribution in [0.1, 0.15) is 0 Å². The van der Waals surface area contributed by atoms with Gasteiger partial charge in [-0.05, 0) is 0 Å². The van der Waals surface area contributed by atoms with Crippen LogP contribution in [0, 0.1) is 0 Å². The standard InChI is InChI=1S/C7H15NO4.H2O/c1-2-3-8(11-6-4-9)12-7-5-10;/h2,9-10H,1,3-7H2;1H2. The van der Waals surface area contributed by atoms with Crippen molar-refractivity contribution in [2.75, 3.05) is 33.0 Å². The maximum absolute atomic E-state index is 8.43. The van der Waals surface area contributed by atoms with Crippen molar-refractivity contribution in [2.24, 2.45) is 0 Å². The number of nitrogens with zero attached hydrogens (tertiary/aromatic N) is 1. The lowest BCUT2D eigenvalue weighted by Gasteiger charge is -2.18. The molecule has 0 fully saturated rings. The van der Waals surface area contributed by atoms with Crippen LogP contribution in [0.15, 0.2) is 12.7 Å². The molecule has 0 amide bonds. The summed E-state index contributed by atoms with van der Waals surface area (Å²) >= 11 is 0. The number of aliphatic hydroxyl groups excluding tert-OH is 2. The van der Waals surface area contributed by atoms with Crippen LogP contribution in [-0.4, -0.2) is 53.9 Å². The Morgan fingerprint density at radius 1 is 1.15 bits per heavy atom. The van der Waals surface area contributed by atoms with Gasteiger partial charge in [-0.15, -0.1) is 6.58 Å². The molecule has 0 rings (SSSR count). The van der Waals surface area contributed by atoms with Crippen LogP contribution in [0.4, 0.5) is 0 Å². The molecule has 6 nitrogen and oxygen atoms in total. The Bertz CT molecular complexity index is 103. The zero-order valence-corrected chi connectivity index (χ0v) is 7.48. The second-order valence-corrected chi connectivity index (χ2v) is 1.92. The molecule has 0 aliphatic rings. The van der Waals surface area contributed by atoms with Gasteiger partial charge in [0.15, 0.2) is 0 Å². The van der Waals surface area contributed by atoms with Crippen LogP contribution in [0.25, 0.3) is 0 Å². The summed E-state index contributed by atoms with van der Waals surface area (Å²) in [6.07, 6.45) is 1.59. The molecular formula is C7H17NO5. The van der Waals surface area contributed by atoms with Gasteiger partial charge in [-0.3, -0.25) is 9.68 Å². The molecule has 0 aromatic carbocycles. The van der Waals surface area contributed by atoms with Gasteiger partial charge in [0, 0.05) is 0 Å². The van der Waals surface area contributed by atoms with E-state index in [9.17, 15) is 0 Å². The molecule has 0 aromatic heterocycles. The third-order valence-electron chi connectivity index (χ3n) is 0.931. The zero-order valence-electron chi connectivity index (χ0n) is 7.48. The minimum absolute atomic E-state index is 0. The van der Waals surface area contributed by atoms with Gasteiger partial charge < -0.3 is 15.7 Å². The molecule has 13 heavy (non-hydrogen) atoms. The Morgan fingerprint density at radius 2 is 1.62 bits per heavy atom. The van der Waals surface area contributed by atoms with E-state index in [0.717, 1.165) is 0 Å². The summed E-state index contributed by atoms with van der Waals surface area (Å²) in [5.41, 5.74) is 0. The Hall–Kier alpha value is -0.500. The molecule has 0 heterocycles. The quantitative estimate of drug-likeness (QED) is 0.363. The summed E-state index contributed by atoms with van der Waals surface area (Å²) in [4.78, 5) is 9.82. The summed E-state index contributed by atoms with van der Waals surface area (Å²) < 4.78 is 0. The van der Waals surface area contributed by atoms with Gasteiger partial charge in [-0.1, -0.05) is 11.3 Å². The van der Waals surface area contributed by atoms with Crippen LogP contribution < -0.4 is 0 Å². The third kappa shape index (κ3) is 9.41. The third-order valence-corrected chi connectivity index (χ3v) is 0.931. The Balaban J connectivity index is 0. The molecule has 80 valence electrons. The average molecular weight is 195 g/mol. The Morgan fingerprint density at radius 3 is 1.92 bits per heavy atom. The van der Waals surface area contributed by atoms with Gasteiger partial charge in [0.25, 0.3) is 0 Å². The normalized spacial score (nSPS) is 9.77.